The molecule has 0 radical (unpaired) electrons. The van der Waals surface area contributed by atoms with Crippen LogP contribution >= 0.6 is 0 Å². The smallest absolute Gasteiger partial charge is 0.165 e. The highest BCUT2D eigenvalue weighted by Gasteiger charge is 2.15. The second kappa shape index (κ2) is 3.11. The molecule has 2 aliphatic heterocycles. The number of hydrogen-bond donors (Lipinski definition) is 2. The molecule has 0 aromatic carbocycles. The van der Waals surface area contributed by atoms with Gasteiger partial charge in [0.25, 0.3) is 0 Å². The fourth-order valence-electron chi connectivity index (χ4n) is 1.62. The average Bonchev–Trinajstić information content (AvgIpc) is 2.17. The molecule has 0 aliphatic carbocycles. The lowest BCUT2D eigenvalue weighted by atomic mass is 10.0. The van der Waals surface area contributed by atoms with Gasteiger partial charge in [-0.25, -0.2) is 0 Å². The van der Waals surface area contributed by atoms with E-state index in [4.69, 9.17) is 0 Å². The summed E-state index contributed by atoms with van der Waals surface area (Å²) in [6.07, 6.45) is 4.76. The standard InChI is InChI=1S/C9H12N2O/c12-6-8-2-1-7-5-10-4-3-9(7)11-8/h2,6,10-11H,1,3-5H2. The van der Waals surface area contributed by atoms with E-state index in [1.54, 1.807) is 0 Å². The van der Waals surface area contributed by atoms with Crippen LogP contribution in [0.4, 0.5) is 0 Å². The lowest BCUT2D eigenvalue weighted by Crippen LogP contribution is -2.32. The van der Waals surface area contributed by atoms with E-state index in [9.17, 15) is 4.79 Å². The third-order valence-electron chi connectivity index (χ3n) is 2.31. The van der Waals surface area contributed by atoms with Crippen LogP contribution in [0.2, 0.25) is 0 Å². The van der Waals surface area contributed by atoms with Crippen LogP contribution in [0.25, 0.3) is 0 Å². The molecule has 0 saturated carbocycles. The van der Waals surface area contributed by atoms with Crippen molar-refractivity contribution in [2.45, 2.75) is 12.8 Å². The Morgan fingerprint density at radius 3 is 3.25 bits per heavy atom. The molecule has 2 heterocycles. The number of rotatable bonds is 1. The van der Waals surface area contributed by atoms with Crippen molar-refractivity contribution in [3.05, 3.63) is 23.0 Å². The molecule has 2 aliphatic rings. The van der Waals surface area contributed by atoms with Gasteiger partial charge in [0.2, 0.25) is 0 Å². The fourth-order valence-corrected chi connectivity index (χ4v) is 1.62. The molecule has 2 rings (SSSR count). The summed E-state index contributed by atoms with van der Waals surface area (Å²) in [5, 5.41) is 6.44. The molecule has 12 heavy (non-hydrogen) atoms. The van der Waals surface area contributed by atoms with E-state index in [0.29, 0.717) is 0 Å². The Balaban J connectivity index is 2.14. The quantitative estimate of drug-likeness (QED) is 0.548. The lowest BCUT2D eigenvalue weighted by Gasteiger charge is -2.25. The number of hydrogen-bond acceptors (Lipinski definition) is 3. The zero-order valence-corrected chi connectivity index (χ0v) is 6.89. The Morgan fingerprint density at radius 2 is 2.42 bits per heavy atom. The Hall–Kier alpha value is -1.09. The van der Waals surface area contributed by atoms with E-state index in [2.05, 4.69) is 10.6 Å². The summed E-state index contributed by atoms with van der Waals surface area (Å²) in [6, 6.07) is 0. The molecule has 0 fully saturated rings. The first-order valence-corrected chi connectivity index (χ1v) is 4.24. The minimum atomic E-state index is 0.718. The van der Waals surface area contributed by atoms with Gasteiger partial charge in [-0.05, 0) is 18.4 Å². The molecule has 0 amide bonds. The van der Waals surface area contributed by atoms with Gasteiger partial charge in [-0.2, -0.15) is 0 Å². The van der Waals surface area contributed by atoms with Crippen molar-refractivity contribution in [2.24, 2.45) is 0 Å². The number of allylic oxidation sites excluding steroid dienone is 2. The van der Waals surface area contributed by atoms with E-state index < -0.39 is 0 Å². The van der Waals surface area contributed by atoms with E-state index in [0.717, 1.165) is 37.9 Å². The molecule has 0 atom stereocenters. The molecule has 64 valence electrons. The molecule has 3 heteroatoms. The predicted octanol–water partition coefficient (Wildman–Crippen LogP) is 0.310. The summed E-state index contributed by atoms with van der Waals surface area (Å²) >= 11 is 0. The van der Waals surface area contributed by atoms with Crippen LogP contribution in [0.5, 0.6) is 0 Å². The Bertz CT molecular complexity index is 266. The molecule has 2 N–H and O–H groups in total. The Labute approximate surface area is 71.5 Å². The third-order valence-corrected chi connectivity index (χ3v) is 2.31. The summed E-state index contributed by atoms with van der Waals surface area (Å²) in [4.78, 5) is 10.5. The van der Waals surface area contributed by atoms with Gasteiger partial charge in [0.1, 0.15) is 0 Å². The van der Waals surface area contributed by atoms with Crippen LogP contribution in [-0.4, -0.2) is 19.4 Å². The van der Waals surface area contributed by atoms with Crippen molar-refractivity contribution < 1.29 is 4.79 Å². The second-order valence-electron chi connectivity index (χ2n) is 3.12. The molecular weight excluding hydrogens is 152 g/mol. The molecule has 0 bridgehead atoms. The van der Waals surface area contributed by atoms with Crippen molar-refractivity contribution >= 4 is 6.29 Å². The summed E-state index contributed by atoms with van der Waals surface area (Å²) in [5.74, 6) is 0. The number of dihydropyridines is 1. The summed E-state index contributed by atoms with van der Waals surface area (Å²) in [6.45, 7) is 1.98. The summed E-state index contributed by atoms with van der Waals surface area (Å²) < 4.78 is 0. The Morgan fingerprint density at radius 1 is 1.50 bits per heavy atom. The summed E-state index contributed by atoms with van der Waals surface area (Å²) in [7, 11) is 0. The summed E-state index contributed by atoms with van der Waals surface area (Å²) in [5.41, 5.74) is 3.36. The highest BCUT2D eigenvalue weighted by atomic mass is 16.1. The number of nitrogens with one attached hydrogen (secondary N) is 2. The zero-order valence-electron chi connectivity index (χ0n) is 6.89. The van der Waals surface area contributed by atoms with E-state index >= 15 is 0 Å². The van der Waals surface area contributed by atoms with Gasteiger partial charge in [-0.15, -0.1) is 0 Å². The van der Waals surface area contributed by atoms with Crippen LogP contribution in [-0.2, 0) is 4.79 Å². The second-order valence-corrected chi connectivity index (χ2v) is 3.12. The van der Waals surface area contributed by atoms with Gasteiger partial charge < -0.3 is 10.6 Å². The van der Waals surface area contributed by atoms with Crippen molar-refractivity contribution in [3.63, 3.8) is 0 Å². The Kier molecular flexibility index (Phi) is 1.96. The number of aldehydes is 1. The minimum Gasteiger partial charge on any atom is -0.356 e. The van der Waals surface area contributed by atoms with Crippen molar-refractivity contribution in [3.8, 4) is 0 Å². The molecular formula is C9H12N2O. The number of carbonyl (C=O) groups is 1. The minimum absolute atomic E-state index is 0.718. The monoisotopic (exact) mass is 164 g/mol. The molecule has 0 aromatic rings. The SMILES string of the molecule is O=CC1=CCC2=C(CCNC2)N1. The average molecular weight is 164 g/mol. The van der Waals surface area contributed by atoms with E-state index in [1.807, 2.05) is 6.08 Å². The third kappa shape index (κ3) is 1.28. The van der Waals surface area contributed by atoms with Gasteiger partial charge in [0.15, 0.2) is 6.29 Å². The topological polar surface area (TPSA) is 41.1 Å². The van der Waals surface area contributed by atoms with Crippen molar-refractivity contribution in [2.75, 3.05) is 13.1 Å². The van der Waals surface area contributed by atoms with Gasteiger partial charge in [-0.3, -0.25) is 4.79 Å². The number of carbonyl (C=O) groups excluding carboxylic acids is 1. The fraction of sp³-hybridized carbons (Fsp3) is 0.444. The normalized spacial score (nSPS) is 22.5. The maximum Gasteiger partial charge on any atom is 0.165 e. The van der Waals surface area contributed by atoms with Crippen molar-refractivity contribution in [1.29, 1.82) is 0 Å². The maximum absolute atomic E-state index is 10.5. The van der Waals surface area contributed by atoms with Gasteiger partial charge in [-0.1, -0.05) is 6.08 Å². The highest BCUT2D eigenvalue weighted by Crippen LogP contribution is 2.19. The predicted molar refractivity (Wildman–Crippen MR) is 46.4 cm³/mol. The first-order valence-electron chi connectivity index (χ1n) is 4.24. The van der Waals surface area contributed by atoms with Gasteiger partial charge in [0.05, 0.1) is 5.70 Å². The first kappa shape index (κ1) is 7.55. The molecule has 0 saturated heterocycles. The van der Waals surface area contributed by atoms with Crippen LogP contribution in [0, 0.1) is 0 Å². The van der Waals surface area contributed by atoms with Crippen LogP contribution in [0.15, 0.2) is 23.0 Å². The van der Waals surface area contributed by atoms with Crippen LogP contribution < -0.4 is 10.6 Å². The molecule has 0 aromatic heterocycles. The largest absolute Gasteiger partial charge is 0.356 e. The van der Waals surface area contributed by atoms with Crippen LogP contribution in [0.1, 0.15) is 12.8 Å². The zero-order chi connectivity index (χ0) is 8.39. The first-order chi connectivity index (χ1) is 5.90. The molecule has 0 unspecified atom stereocenters. The van der Waals surface area contributed by atoms with Gasteiger partial charge in [0, 0.05) is 18.8 Å². The van der Waals surface area contributed by atoms with Gasteiger partial charge >= 0.3 is 0 Å². The molecule has 3 nitrogen and oxygen atoms in total. The molecule has 0 spiro atoms. The van der Waals surface area contributed by atoms with E-state index in [1.165, 1.54) is 11.3 Å². The van der Waals surface area contributed by atoms with E-state index in [-0.39, 0.29) is 0 Å². The van der Waals surface area contributed by atoms with Crippen molar-refractivity contribution in [1.82, 2.24) is 10.6 Å². The maximum atomic E-state index is 10.5. The van der Waals surface area contributed by atoms with Crippen LogP contribution in [0.3, 0.4) is 0 Å². The highest BCUT2D eigenvalue weighted by molar-refractivity contribution is 5.73. The lowest BCUT2D eigenvalue weighted by molar-refractivity contribution is -0.105.